The van der Waals surface area contributed by atoms with E-state index in [1.165, 1.54) is 109 Å². The van der Waals surface area contributed by atoms with Gasteiger partial charge in [-0.3, -0.25) is 0 Å². The maximum absolute atomic E-state index is 2.41. The lowest BCUT2D eigenvalue weighted by Gasteiger charge is -2.19. The maximum atomic E-state index is 2.41. The van der Waals surface area contributed by atoms with Gasteiger partial charge in [0.25, 0.3) is 0 Å². The third-order valence-electron chi connectivity index (χ3n) is 11.6. The van der Waals surface area contributed by atoms with E-state index in [0.717, 1.165) is 0 Å². The Morgan fingerprint density at radius 2 is 0.536 bits per heavy atom. The van der Waals surface area contributed by atoms with Gasteiger partial charge in [0.1, 0.15) is 0 Å². The summed E-state index contributed by atoms with van der Waals surface area (Å²) in [6.45, 7) is 0. The van der Waals surface area contributed by atoms with Crippen molar-refractivity contribution in [2.45, 2.75) is 0 Å². The van der Waals surface area contributed by atoms with E-state index in [2.05, 4.69) is 218 Å². The van der Waals surface area contributed by atoms with E-state index in [9.17, 15) is 0 Å². The summed E-state index contributed by atoms with van der Waals surface area (Å²) < 4.78 is 0. The quantitative estimate of drug-likeness (QED) is 0.123. The third kappa shape index (κ3) is 5.22. The molecule has 11 rings (SSSR count). The standard InChI is InChI=1S/C56H36/c1-3-16-39(17-4-1)55-47-22-10-9-21-45(47)46-34-33-43(36-52(46)56(55)40-18-5-2-6-19-40)38-27-30-41(31-28-38)53-48-23-11-13-25-50(48)54(51-26-14-12-24-49(51)53)44-32-29-37-15-7-8-20-42(37)35-44/h1-36H. The van der Waals surface area contributed by atoms with Crippen LogP contribution < -0.4 is 0 Å². The van der Waals surface area contributed by atoms with Gasteiger partial charge in [0.15, 0.2) is 0 Å². The minimum atomic E-state index is 1.20. The van der Waals surface area contributed by atoms with Gasteiger partial charge < -0.3 is 0 Å². The van der Waals surface area contributed by atoms with E-state index in [4.69, 9.17) is 0 Å². The fourth-order valence-electron chi connectivity index (χ4n) is 9.10. The van der Waals surface area contributed by atoms with Gasteiger partial charge >= 0.3 is 0 Å². The molecule has 0 fully saturated rings. The van der Waals surface area contributed by atoms with Crippen molar-refractivity contribution in [3.05, 3.63) is 218 Å². The lowest BCUT2D eigenvalue weighted by atomic mass is 9.84. The molecule has 0 saturated heterocycles. The van der Waals surface area contributed by atoms with Gasteiger partial charge in [-0.2, -0.15) is 0 Å². The van der Waals surface area contributed by atoms with Crippen molar-refractivity contribution < 1.29 is 0 Å². The van der Waals surface area contributed by atoms with Crippen molar-refractivity contribution in [1.29, 1.82) is 0 Å². The molecule has 0 aliphatic rings. The van der Waals surface area contributed by atoms with Gasteiger partial charge in [0, 0.05) is 0 Å². The summed E-state index contributed by atoms with van der Waals surface area (Å²) in [5.41, 5.74) is 12.4. The number of rotatable bonds is 5. The molecule has 0 heteroatoms. The van der Waals surface area contributed by atoms with Crippen molar-refractivity contribution in [2.24, 2.45) is 0 Å². The first-order valence-corrected chi connectivity index (χ1v) is 19.4. The Balaban J connectivity index is 1.10. The average Bonchev–Trinajstić information content (AvgIpc) is 3.28. The van der Waals surface area contributed by atoms with Crippen molar-refractivity contribution >= 4 is 53.9 Å². The fourth-order valence-corrected chi connectivity index (χ4v) is 9.10. The molecule has 0 spiro atoms. The second kappa shape index (κ2) is 13.2. The fraction of sp³-hybridized carbons (Fsp3) is 0. The molecule has 56 heavy (non-hydrogen) atoms. The van der Waals surface area contributed by atoms with E-state index in [-0.39, 0.29) is 0 Å². The Labute approximate surface area is 326 Å². The zero-order valence-corrected chi connectivity index (χ0v) is 30.8. The third-order valence-corrected chi connectivity index (χ3v) is 11.6. The van der Waals surface area contributed by atoms with Crippen LogP contribution in [-0.2, 0) is 0 Å². The SMILES string of the molecule is c1ccc(-c2c(-c3ccccc3)c3cc(-c4ccc(-c5c6ccccc6c(-c6ccc7ccccc7c6)c6ccccc56)cc4)ccc3c3ccccc23)cc1. The first-order valence-electron chi connectivity index (χ1n) is 19.4. The zero-order chi connectivity index (χ0) is 37.0. The van der Waals surface area contributed by atoms with E-state index >= 15 is 0 Å². The molecule has 0 aromatic heterocycles. The van der Waals surface area contributed by atoms with Crippen molar-refractivity contribution in [1.82, 2.24) is 0 Å². The summed E-state index contributed by atoms with van der Waals surface area (Å²) in [7, 11) is 0. The largest absolute Gasteiger partial charge is 0.0622 e. The van der Waals surface area contributed by atoms with E-state index in [1.807, 2.05) is 0 Å². The summed E-state index contributed by atoms with van der Waals surface area (Å²) in [5.74, 6) is 0. The molecule has 0 unspecified atom stereocenters. The Bertz CT molecular complexity index is 3210. The Hall–Kier alpha value is -7.28. The van der Waals surface area contributed by atoms with Gasteiger partial charge in [-0.15, -0.1) is 0 Å². The number of fused-ring (bicyclic) bond motifs is 6. The first kappa shape index (κ1) is 32.2. The van der Waals surface area contributed by atoms with Crippen LogP contribution >= 0.6 is 0 Å². The van der Waals surface area contributed by atoms with Crippen molar-refractivity contribution in [2.75, 3.05) is 0 Å². The molecule has 0 heterocycles. The van der Waals surface area contributed by atoms with Gasteiger partial charge in [-0.05, 0) is 122 Å². The zero-order valence-electron chi connectivity index (χ0n) is 30.8. The summed E-state index contributed by atoms with van der Waals surface area (Å²) in [5, 5.41) is 12.7. The Morgan fingerprint density at radius 3 is 1.12 bits per heavy atom. The Morgan fingerprint density at radius 1 is 0.161 bits per heavy atom. The summed E-state index contributed by atoms with van der Waals surface area (Å²) in [6.07, 6.45) is 0. The summed E-state index contributed by atoms with van der Waals surface area (Å²) in [4.78, 5) is 0. The maximum Gasteiger partial charge on any atom is -0.00201 e. The van der Waals surface area contributed by atoms with Crippen LogP contribution in [0.25, 0.3) is 109 Å². The van der Waals surface area contributed by atoms with Gasteiger partial charge in [0.2, 0.25) is 0 Å². The normalized spacial score (nSPS) is 11.6. The summed E-state index contributed by atoms with van der Waals surface area (Å²) in [6, 6.07) is 80.3. The highest BCUT2D eigenvalue weighted by molar-refractivity contribution is 6.23. The predicted octanol–water partition coefficient (Wildman–Crippen LogP) is 15.8. The van der Waals surface area contributed by atoms with Gasteiger partial charge in [-0.1, -0.05) is 206 Å². The molecule has 11 aromatic carbocycles. The Kier molecular flexibility index (Phi) is 7.60. The second-order valence-electron chi connectivity index (χ2n) is 14.8. The molecular weight excluding hydrogens is 673 g/mol. The number of hydrogen-bond donors (Lipinski definition) is 0. The molecule has 260 valence electrons. The lowest BCUT2D eigenvalue weighted by Crippen LogP contribution is -1.92. The summed E-state index contributed by atoms with van der Waals surface area (Å²) >= 11 is 0. The van der Waals surface area contributed by atoms with Crippen LogP contribution in [0.5, 0.6) is 0 Å². The molecule has 0 aliphatic carbocycles. The molecule has 0 amide bonds. The molecule has 0 aliphatic heterocycles. The molecule has 0 saturated carbocycles. The van der Waals surface area contributed by atoms with E-state index < -0.39 is 0 Å². The topological polar surface area (TPSA) is 0 Å². The number of benzene rings is 11. The second-order valence-corrected chi connectivity index (χ2v) is 14.8. The molecule has 0 bridgehead atoms. The average molecular weight is 709 g/mol. The minimum Gasteiger partial charge on any atom is -0.0622 e. The lowest BCUT2D eigenvalue weighted by molar-refractivity contribution is 1.61. The number of hydrogen-bond acceptors (Lipinski definition) is 0. The molecule has 0 nitrogen and oxygen atoms in total. The van der Waals surface area contributed by atoms with Gasteiger partial charge in [0.05, 0.1) is 0 Å². The molecule has 0 N–H and O–H groups in total. The molecule has 0 radical (unpaired) electrons. The van der Waals surface area contributed by atoms with E-state index in [0.29, 0.717) is 0 Å². The molecule has 11 aromatic rings. The highest BCUT2D eigenvalue weighted by Gasteiger charge is 2.19. The predicted molar refractivity (Wildman–Crippen MR) is 241 cm³/mol. The minimum absolute atomic E-state index is 1.20. The first-order chi connectivity index (χ1) is 27.8. The molecule has 0 atom stereocenters. The monoisotopic (exact) mass is 708 g/mol. The highest BCUT2D eigenvalue weighted by Crippen LogP contribution is 2.47. The smallest absolute Gasteiger partial charge is 0.00201 e. The van der Waals surface area contributed by atoms with Crippen LogP contribution in [-0.4, -0.2) is 0 Å². The van der Waals surface area contributed by atoms with Crippen LogP contribution in [0, 0.1) is 0 Å². The van der Waals surface area contributed by atoms with Gasteiger partial charge in [-0.25, -0.2) is 0 Å². The van der Waals surface area contributed by atoms with E-state index in [1.54, 1.807) is 0 Å². The van der Waals surface area contributed by atoms with Crippen molar-refractivity contribution in [3.63, 3.8) is 0 Å². The van der Waals surface area contributed by atoms with Crippen LogP contribution in [0.4, 0.5) is 0 Å². The van der Waals surface area contributed by atoms with Crippen LogP contribution in [0.3, 0.4) is 0 Å². The van der Waals surface area contributed by atoms with Crippen LogP contribution in [0.15, 0.2) is 218 Å². The van der Waals surface area contributed by atoms with Crippen LogP contribution in [0.1, 0.15) is 0 Å². The van der Waals surface area contributed by atoms with Crippen molar-refractivity contribution in [3.8, 4) is 55.6 Å². The van der Waals surface area contributed by atoms with Crippen LogP contribution in [0.2, 0.25) is 0 Å². The molecular formula is C56H36. The highest BCUT2D eigenvalue weighted by atomic mass is 14.2.